The first kappa shape index (κ1) is 22.7. The fourth-order valence-electron chi connectivity index (χ4n) is 3.99. The van der Waals surface area contributed by atoms with Crippen LogP contribution in [0.5, 0.6) is 0 Å². The maximum absolute atomic E-state index is 12.6. The molecule has 33 heavy (non-hydrogen) atoms. The van der Waals surface area contributed by atoms with Crippen molar-refractivity contribution in [2.75, 3.05) is 13.2 Å². The average molecular weight is 446 g/mol. The lowest BCUT2D eigenvalue weighted by molar-refractivity contribution is 0.0924. The molecule has 0 bridgehead atoms. The molecule has 1 aromatic heterocycles. The fraction of sp³-hybridized carbons (Fsp3) is 0.231. The predicted octanol–water partition coefficient (Wildman–Crippen LogP) is 2.42. The molecule has 4 N–H and O–H groups in total. The van der Waals surface area contributed by atoms with E-state index >= 15 is 0 Å². The zero-order valence-corrected chi connectivity index (χ0v) is 18.3. The van der Waals surface area contributed by atoms with Gasteiger partial charge in [-0.3, -0.25) is 4.79 Å². The Morgan fingerprint density at radius 1 is 1.03 bits per heavy atom. The molecule has 0 fully saturated rings. The van der Waals surface area contributed by atoms with Crippen LogP contribution in [-0.2, 0) is 12.1 Å². The highest BCUT2D eigenvalue weighted by Gasteiger charge is 2.39. The number of carbonyl (C=O) groups is 1. The molecule has 170 valence electrons. The second kappa shape index (κ2) is 9.54. The molecule has 1 amide bonds. The van der Waals surface area contributed by atoms with Crippen LogP contribution >= 0.6 is 0 Å². The Labute approximate surface area is 192 Å². The lowest BCUT2D eigenvalue weighted by Gasteiger charge is -2.29. The Morgan fingerprint density at radius 2 is 1.64 bits per heavy atom. The van der Waals surface area contributed by atoms with Gasteiger partial charge in [-0.1, -0.05) is 60.7 Å². The molecule has 7 heteroatoms. The van der Waals surface area contributed by atoms with Crippen LogP contribution in [0.1, 0.15) is 34.2 Å². The summed E-state index contributed by atoms with van der Waals surface area (Å²) in [6, 6.07) is 23.6. The number of benzene rings is 3. The zero-order valence-electron chi connectivity index (χ0n) is 18.3. The van der Waals surface area contributed by atoms with Crippen LogP contribution in [0.4, 0.5) is 0 Å². The van der Waals surface area contributed by atoms with Gasteiger partial charge >= 0.3 is 0 Å². The summed E-state index contributed by atoms with van der Waals surface area (Å²) in [6.45, 7) is 1.75. The van der Waals surface area contributed by atoms with Gasteiger partial charge in [-0.05, 0) is 36.2 Å². The van der Waals surface area contributed by atoms with Gasteiger partial charge in [0.2, 0.25) is 0 Å². The molecule has 0 aliphatic rings. The third-order valence-corrected chi connectivity index (χ3v) is 5.60. The third-order valence-electron chi connectivity index (χ3n) is 5.60. The van der Waals surface area contributed by atoms with Crippen LogP contribution in [0, 0.1) is 0 Å². The van der Waals surface area contributed by atoms with Crippen molar-refractivity contribution in [1.29, 1.82) is 0 Å². The molecule has 4 aromatic rings. The molecule has 3 aromatic carbocycles. The van der Waals surface area contributed by atoms with Gasteiger partial charge < -0.3 is 25.2 Å². The summed E-state index contributed by atoms with van der Waals surface area (Å²) in [7, 11) is 0. The van der Waals surface area contributed by atoms with Crippen LogP contribution in [-0.4, -0.2) is 50.0 Å². The molecule has 0 spiro atoms. The van der Waals surface area contributed by atoms with Gasteiger partial charge in [0, 0.05) is 18.7 Å². The Morgan fingerprint density at radius 3 is 2.18 bits per heavy atom. The normalized spacial score (nSPS) is 12.6. The van der Waals surface area contributed by atoms with Crippen molar-refractivity contribution in [1.82, 2.24) is 14.9 Å². The molecular formula is C26H27N3O4. The van der Waals surface area contributed by atoms with E-state index in [-0.39, 0.29) is 25.6 Å². The van der Waals surface area contributed by atoms with Gasteiger partial charge in [0.05, 0.1) is 23.7 Å². The number of nitrogens with zero attached hydrogens (tertiary/aromatic N) is 2. The van der Waals surface area contributed by atoms with Gasteiger partial charge in [-0.25, -0.2) is 4.98 Å². The van der Waals surface area contributed by atoms with Gasteiger partial charge in [0.15, 0.2) is 11.4 Å². The monoisotopic (exact) mass is 445 g/mol. The summed E-state index contributed by atoms with van der Waals surface area (Å²) in [5.41, 5.74) is 1.31. The number of imidazole rings is 1. The topological polar surface area (TPSA) is 108 Å². The molecule has 7 nitrogen and oxygen atoms in total. The van der Waals surface area contributed by atoms with E-state index in [1.54, 1.807) is 29.7 Å². The summed E-state index contributed by atoms with van der Waals surface area (Å²) >= 11 is 0. The maximum Gasteiger partial charge on any atom is 0.251 e. The average Bonchev–Trinajstić information content (AvgIpc) is 3.21. The molecule has 1 atom stereocenters. The SMILES string of the molecule is CC(O)CNC(=O)c1ccc2nc(C(O)(c3ccccc3)c3ccccc3)n(CCO)c2c1. The number of aliphatic hydroxyl groups excluding tert-OH is 2. The van der Waals surface area contributed by atoms with Crippen molar-refractivity contribution >= 4 is 16.9 Å². The van der Waals surface area contributed by atoms with E-state index in [4.69, 9.17) is 4.98 Å². The Kier molecular flexibility index (Phi) is 6.55. The van der Waals surface area contributed by atoms with Crippen molar-refractivity contribution in [2.45, 2.75) is 25.2 Å². The van der Waals surface area contributed by atoms with Crippen molar-refractivity contribution < 1.29 is 20.1 Å². The largest absolute Gasteiger partial charge is 0.395 e. The third kappa shape index (κ3) is 4.39. The molecule has 0 saturated carbocycles. The van der Waals surface area contributed by atoms with Gasteiger partial charge in [0.25, 0.3) is 5.91 Å². The van der Waals surface area contributed by atoms with Crippen LogP contribution in [0.2, 0.25) is 0 Å². The maximum atomic E-state index is 12.6. The first-order chi connectivity index (χ1) is 15.9. The van der Waals surface area contributed by atoms with Crippen molar-refractivity contribution in [3.05, 3.63) is 101 Å². The highest BCUT2D eigenvalue weighted by molar-refractivity contribution is 5.97. The highest BCUT2D eigenvalue weighted by atomic mass is 16.3. The molecule has 0 aliphatic heterocycles. The molecule has 1 unspecified atom stereocenters. The van der Waals surface area contributed by atoms with E-state index in [0.29, 0.717) is 33.5 Å². The van der Waals surface area contributed by atoms with E-state index in [9.17, 15) is 20.1 Å². The molecule has 0 radical (unpaired) electrons. The Bertz CT molecular complexity index is 1200. The Hall–Kier alpha value is -3.52. The first-order valence-electron chi connectivity index (χ1n) is 10.9. The van der Waals surface area contributed by atoms with Gasteiger partial charge in [-0.15, -0.1) is 0 Å². The number of fused-ring (bicyclic) bond motifs is 1. The smallest absolute Gasteiger partial charge is 0.251 e. The van der Waals surface area contributed by atoms with Gasteiger partial charge in [0.1, 0.15) is 0 Å². The number of hydrogen-bond acceptors (Lipinski definition) is 5. The van der Waals surface area contributed by atoms with Crippen molar-refractivity contribution in [3.63, 3.8) is 0 Å². The molecular weight excluding hydrogens is 418 g/mol. The minimum Gasteiger partial charge on any atom is -0.395 e. The zero-order chi connectivity index (χ0) is 23.4. The van der Waals surface area contributed by atoms with Crippen LogP contribution in [0.25, 0.3) is 11.0 Å². The van der Waals surface area contributed by atoms with Crippen molar-refractivity contribution in [2.24, 2.45) is 0 Å². The summed E-state index contributed by atoms with van der Waals surface area (Å²) in [5.74, 6) is 0.0305. The number of carbonyl (C=O) groups excluding carboxylic acids is 1. The fourth-order valence-corrected chi connectivity index (χ4v) is 3.99. The van der Waals surface area contributed by atoms with Crippen molar-refractivity contribution in [3.8, 4) is 0 Å². The Balaban J connectivity index is 1.91. The molecule has 4 rings (SSSR count). The van der Waals surface area contributed by atoms with Crippen LogP contribution in [0.15, 0.2) is 78.9 Å². The number of amides is 1. The second-order valence-electron chi connectivity index (χ2n) is 8.02. The lowest BCUT2D eigenvalue weighted by Crippen LogP contribution is -2.33. The van der Waals surface area contributed by atoms with E-state index in [1.807, 2.05) is 60.7 Å². The highest BCUT2D eigenvalue weighted by Crippen LogP contribution is 2.37. The van der Waals surface area contributed by atoms with Crippen LogP contribution < -0.4 is 5.32 Å². The van der Waals surface area contributed by atoms with E-state index < -0.39 is 11.7 Å². The number of rotatable bonds is 8. The summed E-state index contributed by atoms with van der Waals surface area (Å²) in [4.78, 5) is 17.3. The standard InChI is InChI=1S/C26H27N3O4/c1-18(31)17-27-24(32)19-12-13-22-23(16-19)29(14-15-30)25(28-22)26(33,20-8-4-2-5-9-20)21-10-6-3-7-11-21/h2-13,16,18,30-31,33H,14-15,17H2,1H3,(H,27,32). The number of hydrogen-bond donors (Lipinski definition) is 4. The van der Waals surface area contributed by atoms with Crippen LogP contribution in [0.3, 0.4) is 0 Å². The minimum absolute atomic E-state index is 0.139. The minimum atomic E-state index is -1.58. The van der Waals surface area contributed by atoms with Gasteiger partial charge in [-0.2, -0.15) is 0 Å². The molecule has 0 saturated heterocycles. The molecule has 1 heterocycles. The summed E-state index contributed by atoms with van der Waals surface area (Å²) < 4.78 is 1.75. The summed E-state index contributed by atoms with van der Waals surface area (Å²) in [6.07, 6.45) is -0.657. The number of aromatic nitrogens is 2. The van der Waals surface area contributed by atoms with E-state index in [0.717, 1.165) is 0 Å². The lowest BCUT2D eigenvalue weighted by atomic mass is 9.85. The first-order valence-corrected chi connectivity index (χ1v) is 10.9. The number of aliphatic hydroxyl groups is 3. The summed E-state index contributed by atoms with van der Waals surface area (Å²) in [5, 5.41) is 34.1. The second-order valence-corrected chi connectivity index (χ2v) is 8.02. The quantitative estimate of drug-likeness (QED) is 0.333. The number of nitrogens with one attached hydrogen (secondary N) is 1. The van der Waals surface area contributed by atoms with E-state index in [2.05, 4.69) is 5.32 Å². The molecule has 0 aliphatic carbocycles. The van der Waals surface area contributed by atoms with E-state index in [1.165, 1.54) is 0 Å². The predicted molar refractivity (Wildman–Crippen MR) is 126 cm³/mol.